The van der Waals surface area contributed by atoms with E-state index in [9.17, 15) is 0 Å². The summed E-state index contributed by atoms with van der Waals surface area (Å²) in [5.41, 5.74) is 6.19. The fourth-order valence-corrected chi connectivity index (χ4v) is 3.89. The zero-order valence-corrected chi connectivity index (χ0v) is 19.0. The minimum Gasteiger partial charge on any atom is -0.381 e. The summed E-state index contributed by atoms with van der Waals surface area (Å²) < 4.78 is 18.9. The summed E-state index contributed by atoms with van der Waals surface area (Å²) in [5, 5.41) is 8.85. The molecule has 1 saturated heterocycles. The van der Waals surface area contributed by atoms with E-state index in [2.05, 4.69) is 46.4 Å². The minimum absolute atomic E-state index is 0.285. The third-order valence-corrected chi connectivity index (χ3v) is 5.95. The molecule has 0 unspecified atom stereocenters. The highest BCUT2D eigenvalue weighted by Crippen LogP contribution is 2.23. The van der Waals surface area contributed by atoms with Crippen molar-refractivity contribution in [2.45, 2.75) is 45.9 Å². The van der Waals surface area contributed by atoms with Crippen LogP contribution in [0.1, 0.15) is 35.2 Å². The highest BCUT2D eigenvalue weighted by Gasteiger charge is 2.16. The van der Waals surface area contributed by atoms with E-state index in [1.807, 2.05) is 41.9 Å². The van der Waals surface area contributed by atoms with Crippen molar-refractivity contribution in [1.29, 1.82) is 0 Å². The Balaban J connectivity index is 1.25. The van der Waals surface area contributed by atoms with Crippen LogP contribution in [-0.2, 0) is 22.6 Å². The van der Waals surface area contributed by atoms with Gasteiger partial charge in [-0.05, 0) is 43.9 Å². The molecule has 2 aromatic heterocycles. The first-order valence-electron chi connectivity index (χ1n) is 11.4. The molecule has 0 atom stereocenters. The number of aryl methyl sites for hydroxylation is 2. The Morgan fingerprint density at radius 3 is 2.45 bits per heavy atom. The van der Waals surface area contributed by atoms with Crippen LogP contribution in [0.4, 0.5) is 0 Å². The number of rotatable bonds is 7. The maximum Gasteiger partial charge on any atom is 0.278 e. The molecule has 0 amide bonds. The Bertz CT molecular complexity index is 1190. The molecule has 33 heavy (non-hydrogen) atoms. The molecule has 0 saturated carbocycles. The van der Waals surface area contributed by atoms with E-state index in [-0.39, 0.29) is 6.10 Å². The van der Waals surface area contributed by atoms with E-state index in [4.69, 9.17) is 14.0 Å². The van der Waals surface area contributed by atoms with Gasteiger partial charge in [0.25, 0.3) is 5.89 Å². The SMILES string of the molecule is Cc1ccc(Cn2nc(-c3nc(-c4ccc(COC5CCOCC5)cc4)no3)cc2C)cc1. The van der Waals surface area contributed by atoms with Crippen molar-refractivity contribution in [3.63, 3.8) is 0 Å². The lowest BCUT2D eigenvalue weighted by atomic mass is 10.1. The second-order valence-corrected chi connectivity index (χ2v) is 8.56. The molecule has 1 aliphatic rings. The van der Waals surface area contributed by atoms with Crippen LogP contribution in [0.3, 0.4) is 0 Å². The lowest BCUT2D eigenvalue weighted by molar-refractivity contribution is -0.0390. The van der Waals surface area contributed by atoms with Gasteiger partial charge < -0.3 is 14.0 Å². The molecule has 0 N–H and O–H groups in total. The van der Waals surface area contributed by atoms with Gasteiger partial charge in [0, 0.05) is 24.5 Å². The maximum absolute atomic E-state index is 6.00. The molecule has 1 fully saturated rings. The highest BCUT2D eigenvalue weighted by atomic mass is 16.5. The van der Waals surface area contributed by atoms with Crippen molar-refractivity contribution in [2.24, 2.45) is 0 Å². The van der Waals surface area contributed by atoms with Gasteiger partial charge in [-0.1, -0.05) is 59.3 Å². The molecule has 0 radical (unpaired) electrons. The van der Waals surface area contributed by atoms with E-state index in [0.717, 1.165) is 42.9 Å². The molecule has 7 nitrogen and oxygen atoms in total. The molecule has 5 rings (SSSR count). The topological polar surface area (TPSA) is 75.2 Å². The summed E-state index contributed by atoms with van der Waals surface area (Å²) in [7, 11) is 0. The fourth-order valence-electron chi connectivity index (χ4n) is 3.89. The summed E-state index contributed by atoms with van der Waals surface area (Å²) in [4.78, 5) is 4.57. The van der Waals surface area contributed by atoms with Crippen molar-refractivity contribution >= 4 is 0 Å². The van der Waals surface area contributed by atoms with Gasteiger partial charge in [-0.2, -0.15) is 10.1 Å². The Morgan fingerprint density at radius 1 is 0.970 bits per heavy atom. The minimum atomic E-state index is 0.285. The predicted octanol–water partition coefficient (Wildman–Crippen LogP) is 4.96. The first-order valence-corrected chi connectivity index (χ1v) is 11.4. The Hall–Kier alpha value is -3.29. The first kappa shape index (κ1) is 21.6. The standard InChI is InChI=1S/C26H28N4O3/c1-18-3-5-20(6-4-18)16-30-19(2)15-24(28-30)26-27-25(29-33-26)22-9-7-21(8-10-22)17-32-23-11-13-31-14-12-23/h3-10,15,23H,11-14,16-17H2,1-2H3. The zero-order chi connectivity index (χ0) is 22.6. The van der Waals surface area contributed by atoms with E-state index >= 15 is 0 Å². The van der Waals surface area contributed by atoms with Crippen LogP contribution in [0, 0.1) is 13.8 Å². The molecule has 3 heterocycles. The van der Waals surface area contributed by atoms with E-state index in [0.29, 0.717) is 30.6 Å². The molecular formula is C26H28N4O3. The third-order valence-electron chi connectivity index (χ3n) is 5.95. The lowest BCUT2D eigenvalue weighted by Gasteiger charge is -2.22. The molecule has 0 aliphatic carbocycles. The molecule has 7 heteroatoms. The summed E-state index contributed by atoms with van der Waals surface area (Å²) >= 11 is 0. The average molecular weight is 445 g/mol. The summed E-state index contributed by atoms with van der Waals surface area (Å²) in [5.74, 6) is 0.968. The fraction of sp³-hybridized carbons (Fsp3) is 0.346. The molecular weight excluding hydrogens is 416 g/mol. The molecule has 1 aliphatic heterocycles. The van der Waals surface area contributed by atoms with Gasteiger partial charge in [0.15, 0.2) is 5.69 Å². The van der Waals surface area contributed by atoms with E-state index < -0.39 is 0 Å². The van der Waals surface area contributed by atoms with Gasteiger partial charge in [-0.25, -0.2) is 0 Å². The van der Waals surface area contributed by atoms with Crippen molar-refractivity contribution in [3.8, 4) is 23.0 Å². The molecule has 0 spiro atoms. The monoisotopic (exact) mass is 444 g/mol. The molecule has 2 aromatic carbocycles. The van der Waals surface area contributed by atoms with E-state index in [1.54, 1.807) is 0 Å². The van der Waals surface area contributed by atoms with Gasteiger partial charge in [0.05, 0.1) is 19.3 Å². The summed E-state index contributed by atoms with van der Waals surface area (Å²) in [6.45, 7) is 6.98. The van der Waals surface area contributed by atoms with Crippen molar-refractivity contribution in [3.05, 3.63) is 77.0 Å². The normalized spacial score (nSPS) is 14.6. The van der Waals surface area contributed by atoms with Crippen LogP contribution < -0.4 is 0 Å². The van der Waals surface area contributed by atoms with Crippen molar-refractivity contribution in [2.75, 3.05) is 13.2 Å². The van der Waals surface area contributed by atoms with Crippen LogP contribution >= 0.6 is 0 Å². The quantitative estimate of drug-likeness (QED) is 0.401. The number of nitrogens with zero attached hydrogens (tertiary/aromatic N) is 4. The smallest absolute Gasteiger partial charge is 0.278 e. The molecule has 170 valence electrons. The molecule has 0 bridgehead atoms. The second kappa shape index (κ2) is 9.68. The van der Waals surface area contributed by atoms with Gasteiger partial charge in [0.1, 0.15) is 0 Å². The van der Waals surface area contributed by atoms with Gasteiger partial charge in [0.2, 0.25) is 5.82 Å². The number of ether oxygens (including phenoxy) is 2. The average Bonchev–Trinajstić information content (AvgIpc) is 3.47. The van der Waals surface area contributed by atoms with Crippen molar-refractivity contribution < 1.29 is 14.0 Å². The third kappa shape index (κ3) is 5.21. The predicted molar refractivity (Wildman–Crippen MR) is 125 cm³/mol. The van der Waals surface area contributed by atoms with Crippen LogP contribution in [0.25, 0.3) is 23.0 Å². The summed E-state index contributed by atoms with van der Waals surface area (Å²) in [6.07, 6.45) is 2.21. The van der Waals surface area contributed by atoms with Gasteiger partial charge in [-0.15, -0.1) is 0 Å². The first-order chi connectivity index (χ1) is 16.1. The number of benzene rings is 2. The Labute approximate surface area is 193 Å². The van der Waals surface area contributed by atoms with Gasteiger partial charge >= 0.3 is 0 Å². The largest absolute Gasteiger partial charge is 0.381 e. The number of hydrogen-bond acceptors (Lipinski definition) is 6. The van der Waals surface area contributed by atoms with Crippen LogP contribution in [-0.4, -0.2) is 39.2 Å². The second-order valence-electron chi connectivity index (χ2n) is 8.56. The maximum atomic E-state index is 6.00. The molecule has 4 aromatic rings. The number of aromatic nitrogens is 4. The van der Waals surface area contributed by atoms with Crippen molar-refractivity contribution in [1.82, 2.24) is 19.9 Å². The van der Waals surface area contributed by atoms with Crippen LogP contribution in [0.15, 0.2) is 59.1 Å². The zero-order valence-electron chi connectivity index (χ0n) is 19.0. The Kier molecular flexibility index (Phi) is 6.32. The Morgan fingerprint density at radius 2 is 1.70 bits per heavy atom. The summed E-state index contributed by atoms with van der Waals surface area (Å²) in [6, 6.07) is 18.5. The van der Waals surface area contributed by atoms with Gasteiger partial charge in [-0.3, -0.25) is 4.68 Å². The lowest BCUT2D eigenvalue weighted by Crippen LogP contribution is -2.23. The van der Waals surface area contributed by atoms with Crippen LogP contribution in [0.5, 0.6) is 0 Å². The van der Waals surface area contributed by atoms with E-state index in [1.165, 1.54) is 11.1 Å². The number of hydrogen-bond donors (Lipinski definition) is 0. The highest BCUT2D eigenvalue weighted by molar-refractivity contribution is 5.58. The van der Waals surface area contributed by atoms with Crippen LogP contribution in [0.2, 0.25) is 0 Å².